The van der Waals surface area contributed by atoms with Crippen molar-refractivity contribution in [3.63, 3.8) is 0 Å². The summed E-state index contributed by atoms with van der Waals surface area (Å²) in [6.07, 6.45) is -1.20. The van der Waals surface area contributed by atoms with E-state index in [4.69, 9.17) is 9.26 Å². The number of alkyl halides is 3. The van der Waals surface area contributed by atoms with Gasteiger partial charge in [-0.2, -0.15) is 4.98 Å². The third kappa shape index (κ3) is 5.26. The molecule has 2 fully saturated rings. The van der Waals surface area contributed by atoms with Crippen molar-refractivity contribution in [1.82, 2.24) is 15.0 Å². The molecule has 1 saturated carbocycles. The van der Waals surface area contributed by atoms with Crippen LogP contribution >= 0.6 is 0 Å². The van der Waals surface area contributed by atoms with E-state index < -0.39 is 6.36 Å². The SMILES string of the molecule is O=C(c1ccc(OC(F)(F)F)cc1)N1CCCC(OCc2nc(C3CC3)no2)C1. The van der Waals surface area contributed by atoms with Crippen molar-refractivity contribution in [2.45, 2.75) is 50.7 Å². The molecule has 2 aliphatic rings. The van der Waals surface area contributed by atoms with Gasteiger partial charge in [-0.1, -0.05) is 5.16 Å². The zero-order valence-electron chi connectivity index (χ0n) is 15.5. The first-order valence-corrected chi connectivity index (χ1v) is 9.46. The lowest BCUT2D eigenvalue weighted by Gasteiger charge is -2.32. The van der Waals surface area contributed by atoms with Gasteiger partial charge in [0.15, 0.2) is 5.82 Å². The van der Waals surface area contributed by atoms with Crippen molar-refractivity contribution >= 4 is 5.91 Å². The Morgan fingerprint density at radius 1 is 1.21 bits per heavy atom. The van der Waals surface area contributed by atoms with E-state index in [9.17, 15) is 18.0 Å². The first-order chi connectivity index (χ1) is 13.9. The number of piperidine rings is 1. The van der Waals surface area contributed by atoms with Gasteiger partial charge in [0.25, 0.3) is 11.8 Å². The van der Waals surface area contributed by atoms with Gasteiger partial charge >= 0.3 is 6.36 Å². The van der Waals surface area contributed by atoms with Gasteiger partial charge in [-0.25, -0.2) is 0 Å². The van der Waals surface area contributed by atoms with Crippen LogP contribution in [0.25, 0.3) is 0 Å². The van der Waals surface area contributed by atoms with Crippen molar-refractivity contribution in [3.8, 4) is 5.75 Å². The summed E-state index contributed by atoms with van der Waals surface area (Å²) >= 11 is 0. The van der Waals surface area contributed by atoms with Crippen molar-refractivity contribution in [2.75, 3.05) is 13.1 Å². The monoisotopic (exact) mass is 411 g/mol. The van der Waals surface area contributed by atoms with Crippen LogP contribution in [0.15, 0.2) is 28.8 Å². The van der Waals surface area contributed by atoms with Gasteiger partial charge in [-0.05, 0) is 49.9 Å². The average molecular weight is 411 g/mol. The molecule has 7 nitrogen and oxygen atoms in total. The largest absolute Gasteiger partial charge is 0.573 e. The van der Waals surface area contributed by atoms with Gasteiger partial charge in [-0.15, -0.1) is 13.2 Å². The first kappa shape index (κ1) is 19.7. The second-order valence-electron chi connectivity index (χ2n) is 7.22. The maximum atomic E-state index is 12.7. The molecule has 29 heavy (non-hydrogen) atoms. The summed E-state index contributed by atoms with van der Waals surface area (Å²) in [5.74, 6) is 0.936. The second-order valence-corrected chi connectivity index (χ2v) is 7.22. The van der Waals surface area contributed by atoms with Crippen LogP contribution in [0.1, 0.15) is 53.7 Å². The maximum absolute atomic E-state index is 12.7. The van der Waals surface area contributed by atoms with E-state index in [1.54, 1.807) is 4.90 Å². The lowest BCUT2D eigenvalue weighted by molar-refractivity contribution is -0.274. The lowest BCUT2D eigenvalue weighted by Crippen LogP contribution is -2.43. The standard InChI is InChI=1S/C19H20F3N3O4/c20-19(21,22)28-14-7-5-13(6-8-14)18(26)25-9-1-2-15(10-25)27-11-16-23-17(24-29-16)12-3-4-12/h5-8,12,15H,1-4,9-11H2. The highest BCUT2D eigenvalue weighted by atomic mass is 19.4. The van der Waals surface area contributed by atoms with Crippen molar-refractivity contribution in [3.05, 3.63) is 41.5 Å². The van der Waals surface area contributed by atoms with Crippen LogP contribution in [0.2, 0.25) is 0 Å². The lowest BCUT2D eigenvalue weighted by atomic mass is 10.1. The number of halogens is 3. The highest BCUT2D eigenvalue weighted by Crippen LogP contribution is 2.38. The van der Waals surface area contributed by atoms with E-state index in [0.29, 0.717) is 30.5 Å². The van der Waals surface area contributed by atoms with E-state index >= 15 is 0 Å². The molecule has 1 aliphatic heterocycles. The highest BCUT2D eigenvalue weighted by molar-refractivity contribution is 5.94. The molecule has 1 unspecified atom stereocenters. The summed E-state index contributed by atoms with van der Waals surface area (Å²) < 4.78 is 51.6. The van der Waals surface area contributed by atoms with Crippen molar-refractivity contribution in [1.29, 1.82) is 0 Å². The number of ether oxygens (including phenoxy) is 2. The van der Waals surface area contributed by atoms with Crippen molar-refractivity contribution < 1.29 is 32.0 Å². The third-order valence-electron chi connectivity index (χ3n) is 4.87. The quantitative estimate of drug-likeness (QED) is 0.722. The molecule has 1 aromatic heterocycles. The molecular weight excluding hydrogens is 391 g/mol. The molecule has 4 rings (SSSR count). The number of amides is 1. The molecule has 10 heteroatoms. The van der Waals surface area contributed by atoms with E-state index in [2.05, 4.69) is 14.9 Å². The van der Waals surface area contributed by atoms with Crippen LogP contribution in [0.5, 0.6) is 5.75 Å². The van der Waals surface area contributed by atoms with Crippen LogP contribution in [-0.4, -0.2) is 46.5 Å². The summed E-state index contributed by atoms with van der Waals surface area (Å²) in [6.45, 7) is 1.14. The molecular formula is C19H20F3N3O4. The minimum Gasteiger partial charge on any atom is -0.406 e. The zero-order chi connectivity index (χ0) is 20.4. The molecule has 1 aliphatic carbocycles. The molecule has 0 bridgehead atoms. The van der Waals surface area contributed by atoms with Gasteiger partial charge in [0, 0.05) is 24.6 Å². The van der Waals surface area contributed by atoms with Gasteiger partial charge in [0.05, 0.1) is 6.10 Å². The maximum Gasteiger partial charge on any atom is 0.573 e. The summed E-state index contributed by atoms with van der Waals surface area (Å²) in [4.78, 5) is 18.6. The van der Waals surface area contributed by atoms with Gasteiger partial charge < -0.3 is 18.9 Å². The van der Waals surface area contributed by atoms with E-state index in [1.165, 1.54) is 12.1 Å². The van der Waals surface area contributed by atoms with Crippen LogP contribution in [0.4, 0.5) is 13.2 Å². The Bertz CT molecular complexity index is 849. The van der Waals surface area contributed by atoms with Gasteiger partial charge in [0.2, 0.25) is 0 Å². The molecule has 1 saturated heterocycles. The molecule has 156 valence electrons. The minimum atomic E-state index is -4.76. The number of nitrogens with zero attached hydrogens (tertiary/aromatic N) is 3. The number of benzene rings is 1. The Morgan fingerprint density at radius 3 is 2.66 bits per heavy atom. The Balaban J connectivity index is 1.30. The molecule has 2 heterocycles. The van der Waals surface area contributed by atoms with Crippen LogP contribution in [-0.2, 0) is 11.3 Å². The van der Waals surface area contributed by atoms with E-state index in [-0.39, 0.29) is 24.4 Å². The molecule has 0 spiro atoms. The summed E-state index contributed by atoms with van der Waals surface area (Å²) in [5.41, 5.74) is 0.297. The Hall–Kier alpha value is -2.62. The molecule has 0 N–H and O–H groups in total. The van der Waals surface area contributed by atoms with Gasteiger partial charge in [0.1, 0.15) is 12.4 Å². The Morgan fingerprint density at radius 2 is 1.97 bits per heavy atom. The molecule has 1 atom stereocenters. The van der Waals surface area contributed by atoms with Crippen LogP contribution in [0.3, 0.4) is 0 Å². The predicted molar refractivity (Wildman–Crippen MR) is 93.1 cm³/mol. The number of aromatic nitrogens is 2. The zero-order valence-corrected chi connectivity index (χ0v) is 15.5. The molecule has 1 aromatic carbocycles. The third-order valence-corrected chi connectivity index (χ3v) is 4.87. The number of rotatable bonds is 6. The minimum absolute atomic E-state index is 0.170. The topological polar surface area (TPSA) is 77.7 Å². The molecule has 0 radical (unpaired) electrons. The molecule has 2 aromatic rings. The summed E-state index contributed by atoms with van der Waals surface area (Å²) in [5, 5.41) is 3.94. The van der Waals surface area contributed by atoms with Crippen molar-refractivity contribution in [2.24, 2.45) is 0 Å². The van der Waals surface area contributed by atoms with E-state index in [1.807, 2.05) is 0 Å². The summed E-state index contributed by atoms with van der Waals surface area (Å²) in [6, 6.07) is 4.91. The average Bonchev–Trinajstić information content (AvgIpc) is 3.43. The number of likely N-dealkylation sites (tertiary alicyclic amines) is 1. The predicted octanol–water partition coefficient (Wildman–Crippen LogP) is 3.67. The number of carbonyl (C=O) groups is 1. The fraction of sp³-hybridized carbons (Fsp3) is 0.526. The Kier molecular flexibility index (Phi) is 5.44. The van der Waals surface area contributed by atoms with Gasteiger partial charge in [-0.3, -0.25) is 4.79 Å². The summed E-state index contributed by atoms with van der Waals surface area (Å²) in [7, 11) is 0. The number of hydrogen-bond donors (Lipinski definition) is 0. The second kappa shape index (κ2) is 8.02. The smallest absolute Gasteiger partial charge is 0.406 e. The first-order valence-electron chi connectivity index (χ1n) is 9.46. The van der Waals surface area contributed by atoms with E-state index in [0.717, 1.165) is 43.6 Å². The normalized spacial score (nSPS) is 20.0. The highest BCUT2D eigenvalue weighted by Gasteiger charge is 2.32. The Labute approximate surface area is 164 Å². The fourth-order valence-corrected chi connectivity index (χ4v) is 3.26. The fourth-order valence-electron chi connectivity index (χ4n) is 3.26. The number of hydrogen-bond acceptors (Lipinski definition) is 6. The number of carbonyl (C=O) groups excluding carboxylic acids is 1. The molecule has 1 amide bonds. The van der Waals surface area contributed by atoms with Crippen LogP contribution in [0, 0.1) is 0 Å². The van der Waals surface area contributed by atoms with Crippen LogP contribution < -0.4 is 4.74 Å².